The minimum absolute atomic E-state index is 0.0585. The van der Waals surface area contributed by atoms with Gasteiger partial charge >= 0.3 is 6.85 Å². The van der Waals surface area contributed by atoms with E-state index in [1.165, 1.54) is 107 Å². The SMILES string of the molecule is Cc1cc2c(cc1N1c3cc4c(c5c3B(c3c1oc1ccccc31)N1c3ccccc3C(C)(C)c3cccc-5c31)-c1ccccc1C4(C)C)C(C)(C)CCC2(C)C. The molecule has 1 aromatic heterocycles. The van der Waals surface area contributed by atoms with Crippen molar-refractivity contribution in [2.24, 2.45) is 0 Å². The molecule has 2 aliphatic carbocycles. The van der Waals surface area contributed by atoms with Crippen LogP contribution in [0.4, 0.5) is 28.6 Å². The van der Waals surface area contributed by atoms with Gasteiger partial charge in [-0.05, 0) is 116 Å². The Morgan fingerprint density at radius 3 is 1.93 bits per heavy atom. The fourth-order valence-corrected chi connectivity index (χ4v) is 12.0. The van der Waals surface area contributed by atoms with Crippen LogP contribution in [-0.4, -0.2) is 6.85 Å². The van der Waals surface area contributed by atoms with E-state index in [0.29, 0.717) is 0 Å². The van der Waals surface area contributed by atoms with Crippen molar-refractivity contribution < 1.29 is 4.42 Å². The summed E-state index contributed by atoms with van der Waals surface area (Å²) in [5.41, 5.74) is 23.6. The van der Waals surface area contributed by atoms with Gasteiger partial charge in [-0.15, -0.1) is 0 Å². The monoisotopic (exact) mass is 740 g/mol. The fourth-order valence-electron chi connectivity index (χ4n) is 12.0. The topological polar surface area (TPSA) is 19.6 Å². The van der Waals surface area contributed by atoms with Gasteiger partial charge in [0.15, 0.2) is 0 Å². The van der Waals surface area contributed by atoms with Crippen LogP contribution in [0.5, 0.6) is 0 Å². The second-order valence-corrected chi connectivity index (χ2v) is 20.0. The number of aryl methyl sites for hydroxylation is 1. The molecule has 0 amide bonds. The molecule has 7 aromatic rings. The van der Waals surface area contributed by atoms with E-state index in [0.717, 1.165) is 17.9 Å². The summed E-state index contributed by atoms with van der Waals surface area (Å²) in [7, 11) is 0. The largest absolute Gasteiger partial charge is 0.440 e. The maximum atomic E-state index is 7.29. The van der Waals surface area contributed by atoms with E-state index >= 15 is 0 Å². The first kappa shape index (κ1) is 33.6. The summed E-state index contributed by atoms with van der Waals surface area (Å²) >= 11 is 0. The van der Waals surface area contributed by atoms with E-state index < -0.39 is 0 Å². The van der Waals surface area contributed by atoms with Crippen LogP contribution in [0.25, 0.3) is 33.2 Å². The van der Waals surface area contributed by atoms with Crippen LogP contribution in [0.2, 0.25) is 0 Å². The van der Waals surface area contributed by atoms with Crippen LogP contribution in [0.15, 0.2) is 114 Å². The highest BCUT2D eigenvalue weighted by molar-refractivity contribution is 6.95. The Kier molecular flexibility index (Phi) is 6.21. The molecule has 0 saturated heterocycles. The van der Waals surface area contributed by atoms with Gasteiger partial charge in [-0.1, -0.05) is 140 Å². The van der Waals surface area contributed by atoms with Crippen molar-refractivity contribution in [3.63, 3.8) is 0 Å². The number of para-hydroxylation sites is 3. The third-order valence-electron chi connectivity index (χ3n) is 15.2. The zero-order valence-electron chi connectivity index (χ0n) is 34.7. The average Bonchev–Trinajstić information content (AvgIpc) is 3.68. The zero-order chi connectivity index (χ0) is 39.1. The van der Waals surface area contributed by atoms with Gasteiger partial charge in [0.05, 0.1) is 5.69 Å². The Morgan fingerprint density at radius 2 is 1.14 bits per heavy atom. The van der Waals surface area contributed by atoms with E-state index in [2.05, 4.69) is 181 Å². The first-order chi connectivity index (χ1) is 27.2. The lowest BCUT2D eigenvalue weighted by atomic mass is 9.42. The summed E-state index contributed by atoms with van der Waals surface area (Å²) in [6, 6.07) is 41.9. The van der Waals surface area contributed by atoms with Crippen LogP contribution < -0.4 is 20.6 Å². The average molecular weight is 741 g/mol. The van der Waals surface area contributed by atoms with Crippen molar-refractivity contribution in [3.8, 4) is 22.3 Å². The molecule has 0 unspecified atom stereocenters. The number of rotatable bonds is 1. The molecule has 12 rings (SSSR count). The fraction of sp³-hybridized carbons (Fsp3) is 0.283. The minimum atomic E-state index is -0.193. The number of furan rings is 1. The zero-order valence-corrected chi connectivity index (χ0v) is 34.7. The van der Waals surface area contributed by atoms with Crippen LogP contribution in [-0.2, 0) is 21.7 Å². The van der Waals surface area contributed by atoms with Crippen molar-refractivity contribution in [2.75, 3.05) is 9.71 Å². The molecule has 3 nitrogen and oxygen atoms in total. The third-order valence-corrected chi connectivity index (χ3v) is 15.2. The molecule has 0 N–H and O–H groups in total. The summed E-state index contributed by atoms with van der Waals surface area (Å²) in [6.07, 6.45) is 2.35. The normalized spacial score (nSPS) is 18.9. The molecule has 4 heterocycles. The lowest BCUT2D eigenvalue weighted by Crippen LogP contribution is -2.63. The van der Waals surface area contributed by atoms with Gasteiger partial charge in [0.1, 0.15) is 5.58 Å². The summed E-state index contributed by atoms with van der Waals surface area (Å²) in [6.45, 7) is 21.7. The molecule has 0 atom stereocenters. The Labute approximate surface area is 337 Å². The molecule has 0 saturated carbocycles. The van der Waals surface area contributed by atoms with Crippen LogP contribution >= 0.6 is 0 Å². The van der Waals surface area contributed by atoms with E-state index in [9.17, 15) is 0 Å². The van der Waals surface area contributed by atoms with Gasteiger partial charge in [-0.3, -0.25) is 4.90 Å². The molecular formula is C53H49BN2O. The number of hydrogen-bond acceptors (Lipinski definition) is 3. The minimum Gasteiger partial charge on any atom is -0.440 e. The quantitative estimate of drug-likeness (QED) is 0.156. The predicted molar refractivity (Wildman–Crippen MR) is 240 cm³/mol. The van der Waals surface area contributed by atoms with Crippen LogP contribution in [0.3, 0.4) is 0 Å². The maximum absolute atomic E-state index is 7.29. The molecule has 5 aliphatic rings. The standard InChI is InChI=1S/C53H49BN2O/c1-30-27-37-38(51(4,5)26-25-50(37,2)3)28-41(30)55-42-29-39-44(31-17-10-12-20-34(31)52(39,6)7)45-33-19-16-22-36-48(33)56(40-23-14-13-21-35(40)53(36,8)9)54(47(42)45)46-32-18-11-15-24-43(32)57-49(46)55/h10-24,27-29H,25-26H2,1-9H3. The summed E-state index contributed by atoms with van der Waals surface area (Å²) in [5, 5.41) is 1.18. The summed E-state index contributed by atoms with van der Waals surface area (Å²) in [5.74, 6) is 0.937. The first-order valence-electron chi connectivity index (χ1n) is 21.0. The predicted octanol–water partition coefficient (Wildman–Crippen LogP) is 12.7. The Balaban J connectivity index is 1.29. The third kappa shape index (κ3) is 4.00. The molecule has 0 fully saturated rings. The van der Waals surface area contributed by atoms with Gasteiger partial charge in [0.2, 0.25) is 5.88 Å². The number of benzene rings is 6. The lowest BCUT2D eigenvalue weighted by Gasteiger charge is -2.51. The van der Waals surface area contributed by atoms with Crippen molar-refractivity contribution in [3.05, 3.63) is 148 Å². The molecule has 3 aliphatic heterocycles. The Morgan fingerprint density at radius 1 is 0.526 bits per heavy atom. The van der Waals surface area contributed by atoms with Crippen molar-refractivity contribution >= 4 is 57.4 Å². The smallest absolute Gasteiger partial charge is 0.337 e. The van der Waals surface area contributed by atoms with Crippen molar-refractivity contribution in [1.29, 1.82) is 0 Å². The van der Waals surface area contributed by atoms with Gasteiger partial charge in [0.25, 0.3) is 0 Å². The molecule has 4 heteroatoms. The van der Waals surface area contributed by atoms with Crippen LogP contribution in [0, 0.1) is 6.92 Å². The summed E-state index contributed by atoms with van der Waals surface area (Å²) in [4.78, 5) is 5.25. The number of fused-ring (bicyclic) bond motifs is 13. The van der Waals surface area contributed by atoms with Gasteiger partial charge in [-0.25, -0.2) is 0 Å². The Hall–Kier alpha value is -5.48. The first-order valence-corrected chi connectivity index (χ1v) is 21.0. The van der Waals surface area contributed by atoms with E-state index in [1.807, 2.05) is 0 Å². The molecular weight excluding hydrogens is 691 g/mol. The number of anilines is 5. The summed E-state index contributed by atoms with van der Waals surface area (Å²) < 4.78 is 7.29. The van der Waals surface area contributed by atoms with Crippen molar-refractivity contribution in [1.82, 2.24) is 0 Å². The van der Waals surface area contributed by atoms with Gasteiger partial charge in [-0.2, -0.15) is 0 Å². The molecule has 0 radical (unpaired) electrons. The van der Waals surface area contributed by atoms with Gasteiger partial charge in [0, 0.05) is 44.3 Å². The molecule has 0 spiro atoms. The maximum Gasteiger partial charge on any atom is 0.337 e. The van der Waals surface area contributed by atoms with Crippen molar-refractivity contribution in [2.45, 2.75) is 96.8 Å². The highest BCUT2D eigenvalue weighted by Gasteiger charge is 2.54. The number of nitrogens with zero attached hydrogens (tertiary/aromatic N) is 2. The number of hydrogen-bond donors (Lipinski definition) is 0. The van der Waals surface area contributed by atoms with E-state index in [-0.39, 0.29) is 28.5 Å². The molecule has 6 aromatic carbocycles. The van der Waals surface area contributed by atoms with Crippen LogP contribution in [0.1, 0.15) is 107 Å². The van der Waals surface area contributed by atoms with E-state index in [4.69, 9.17) is 4.42 Å². The molecule has 0 bridgehead atoms. The lowest BCUT2D eigenvalue weighted by molar-refractivity contribution is 0.332. The second-order valence-electron chi connectivity index (χ2n) is 20.0. The highest BCUT2D eigenvalue weighted by atomic mass is 16.4. The Bertz CT molecular complexity index is 2960. The second kappa shape index (κ2) is 10.5. The molecule has 57 heavy (non-hydrogen) atoms. The molecule has 280 valence electrons. The van der Waals surface area contributed by atoms with E-state index in [1.54, 1.807) is 0 Å². The highest BCUT2D eigenvalue weighted by Crippen LogP contribution is 2.61. The van der Waals surface area contributed by atoms with Gasteiger partial charge < -0.3 is 9.23 Å².